The average Bonchev–Trinajstić information content (AvgIpc) is 2.74. The molecular formula is C16H8Cl3NO3. The molecule has 2 aromatic carbocycles. The SMILES string of the molecule is O=C1C(O)=C(c2ccc(Cl)cc2)C(=O)N1c1cccc(Cl)c1Cl. The molecule has 0 aromatic heterocycles. The maximum Gasteiger partial charge on any atom is 0.301 e. The highest BCUT2D eigenvalue weighted by Crippen LogP contribution is 2.38. The summed E-state index contributed by atoms with van der Waals surface area (Å²) in [5, 5.41) is 10.8. The van der Waals surface area contributed by atoms with Gasteiger partial charge >= 0.3 is 5.91 Å². The first kappa shape index (κ1) is 15.9. The molecule has 7 heteroatoms. The van der Waals surface area contributed by atoms with Crippen molar-refractivity contribution in [2.45, 2.75) is 0 Å². The molecule has 116 valence electrons. The van der Waals surface area contributed by atoms with Crippen molar-refractivity contribution in [1.82, 2.24) is 0 Å². The third-order valence-electron chi connectivity index (χ3n) is 3.36. The van der Waals surface area contributed by atoms with E-state index in [-0.39, 0.29) is 21.3 Å². The van der Waals surface area contributed by atoms with Crippen LogP contribution in [0, 0.1) is 0 Å². The summed E-state index contributed by atoms with van der Waals surface area (Å²) in [6.07, 6.45) is 0. The number of aliphatic hydroxyl groups is 1. The number of hydrogen-bond donors (Lipinski definition) is 1. The van der Waals surface area contributed by atoms with E-state index in [4.69, 9.17) is 34.8 Å². The van der Waals surface area contributed by atoms with Crippen molar-refractivity contribution < 1.29 is 14.7 Å². The smallest absolute Gasteiger partial charge is 0.301 e. The summed E-state index contributed by atoms with van der Waals surface area (Å²) in [4.78, 5) is 25.7. The van der Waals surface area contributed by atoms with Gasteiger partial charge in [0.05, 0.1) is 21.3 Å². The normalized spacial score (nSPS) is 14.8. The molecule has 2 aromatic rings. The van der Waals surface area contributed by atoms with Gasteiger partial charge in [0, 0.05) is 5.02 Å². The monoisotopic (exact) mass is 367 g/mol. The number of rotatable bonds is 2. The lowest BCUT2D eigenvalue weighted by molar-refractivity contribution is -0.121. The van der Waals surface area contributed by atoms with Gasteiger partial charge in [0.25, 0.3) is 5.91 Å². The highest BCUT2D eigenvalue weighted by molar-refractivity contribution is 6.49. The lowest BCUT2D eigenvalue weighted by Gasteiger charge is -2.16. The molecule has 3 rings (SSSR count). The van der Waals surface area contributed by atoms with Gasteiger partial charge in [0.15, 0.2) is 5.76 Å². The third-order valence-corrected chi connectivity index (χ3v) is 4.43. The van der Waals surface area contributed by atoms with Gasteiger partial charge in [-0.15, -0.1) is 0 Å². The number of amides is 2. The molecule has 0 unspecified atom stereocenters. The number of imide groups is 1. The number of hydrogen-bond acceptors (Lipinski definition) is 3. The lowest BCUT2D eigenvalue weighted by Crippen LogP contribution is -2.31. The molecule has 0 radical (unpaired) electrons. The van der Waals surface area contributed by atoms with Crippen LogP contribution >= 0.6 is 34.8 Å². The van der Waals surface area contributed by atoms with Gasteiger partial charge in [0.1, 0.15) is 0 Å². The first-order valence-corrected chi connectivity index (χ1v) is 7.57. The van der Waals surface area contributed by atoms with Crippen LogP contribution in [0.25, 0.3) is 5.57 Å². The molecule has 0 saturated carbocycles. The number of carbonyl (C=O) groups excluding carboxylic acids is 2. The third kappa shape index (κ3) is 2.59. The fraction of sp³-hybridized carbons (Fsp3) is 0. The minimum absolute atomic E-state index is 0.0565. The number of halogens is 3. The summed E-state index contributed by atoms with van der Waals surface area (Å²) in [6.45, 7) is 0. The number of carbonyl (C=O) groups is 2. The zero-order valence-electron chi connectivity index (χ0n) is 11.4. The van der Waals surface area contributed by atoms with Crippen molar-refractivity contribution in [3.8, 4) is 0 Å². The Balaban J connectivity index is 2.09. The topological polar surface area (TPSA) is 57.6 Å². The number of nitrogens with zero attached hydrogens (tertiary/aromatic N) is 1. The quantitative estimate of drug-likeness (QED) is 0.795. The van der Waals surface area contributed by atoms with E-state index in [0.717, 1.165) is 4.90 Å². The molecule has 0 atom stereocenters. The second-order valence-corrected chi connectivity index (χ2v) is 5.97. The van der Waals surface area contributed by atoms with E-state index in [2.05, 4.69) is 0 Å². The van der Waals surface area contributed by atoms with Crippen LogP contribution in [0.5, 0.6) is 0 Å². The average molecular weight is 369 g/mol. The van der Waals surface area contributed by atoms with Crippen molar-refractivity contribution in [2.75, 3.05) is 4.90 Å². The molecule has 1 aliphatic heterocycles. The van der Waals surface area contributed by atoms with Gasteiger partial charge in [-0.2, -0.15) is 0 Å². The Morgan fingerprint density at radius 3 is 2.17 bits per heavy atom. The number of aliphatic hydroxyl groups excluding tert-OH is 1. The van der Waals surface area contributed by atoms with Crippen LogP contribution in [0.3, 0.4) is 0 Å². The second-order valence-electron chi connectivity index (χ2n) is 4.75. The maximum absolute atomic E-state index is 12.6. The summed E-state index contributed by atoms with van der Waals surface area (Å²) >= 11 is 17.8. The zero-order valence-corrected chi connectivity index (χ0v) is 13.7. The van der Waals surface area contributed by atoms with Gasteiger partial charge < -0.3 is 5.11 Å². The Hall–Kier alpha value is -2.01. The minimum atomic E-state index is -0.857. The minimum Gasteiger partial charge on any atom is -0.502 e. The predicted molar refractivity (Wildman–Crippen MR) is 90.0 cm³/mol. The van der Waals surface area contributed by atoms with Crippen LogP contribution in [0.2, 0.25) is 15.1 Å². The van der Waals surface area contributed by atoms with Crippen LogP contribution in [-0.4, -0.2) is 16.9 Å². The highest BCUT2D eigenvalue weighted by atomic mass is 35.5. The van der Waals surface area contributed by atoms with Crippen molar-refractivity contribution in [3.63, 3.8) is 0 Å². The molecule has 1 N–H and O–H groups in total. The van der Waals surface area contributed by atoms with E-state index < -0.39 is 17.6 Å². The van der Waals surface area contributed by atoms with E-state index in [1.54, 1.807) is 30.3 Å². The Bertz CT molecular complexity index is 859. The predicted octanol–water partition coefficient (Wildman–Crippen LogP) is 4.49. The molecule has 4 nitrogen and oxygen atoms in total. The Kier molecular flexibility index (Phi) is 4.06. The molecule has 0 saturated heterocycles. The summed E-state index contributed by atoms with van der Waals surface area (Å²) < 4.78 is 0. The highest BCUT2D eigenvalue weighted by Gasteiger charge is 2.41. The van der Waals surface area contributed by atoms with Gasteiger partial charge in [-0.1, -0.05) is 53.0 Å². The molecule has 0 aliphatic carbocycles. The first-order chi connectivity index (χ1) is 10.9. The zero-order chi connectivity index (χ0) is 16.7. The molecule has 1 heterocycles. The largest absolute Gasteiger partial charge is 0.502 e. The fourth-order valence-electron chi connectivity index (χ4n) is 2.28. The Morgan fingerprint density at radius 1 is 0.870 bits per heavy atom. The summed E-state index contributed by atoms with van der Waals surface area (Å²) in [5.74, 6) is -2.18. The second kappa shape index (κ2) is 5.89. The molecule has 23 heavy (non-hydrogen) atoms. The standard InChI is InChI=1S/C16H8Cl3NO3/c17-9-6-4-8(5-7-9)12-14(21)16(23)20(15(12)22)11-3-1-2-10(18)13(11)19/h1-7,21H. The van der Waals surface area contributed by atoms with Crippen LogP contribution in [0.4, 0.5) is 5.69 Å². The summed E-state index contributed by atoms with van der Waals surface area (Å²) in [7, 11) is 0. The van der Waals surface area contributed by atoms with Gasteiger partial charge in [0.2, 0.25) is 0 Å². The van der Waals surface area contributed by atoms with Crippen LogP contribution in [0.15, 0.2) is 48.2 Å². The van der Waals surface area contributed by atoms with E-state index in [1.165, 1.54) is 12.1 Å². The van der Waals surface area contributed by atoms with E-state index in [9.17, 15) is 14.7 Å². The van der Waals surface area contributed by atoms with Crippen molar-refractivity contribution >= 4 is 57.9 Å². The van der Waals surface area contributed by atoms with Crippen molar-refractivity contribution in [3.05, 3.63) is 68.9 Å². The molecule has 2 amide bonds. The van der Waals surface area contributed by atoms with E-state index in [0.29, 0.717) is 10.6 Å². The van der Waals surface area contributed by atoms with E-state index >= 15 is 0 Å². The molecule has 0 spiro atoms. The lowest BCUT2D eigenvalue weighted by atomic mass is 10.1. The summed E-state index contributed by atoms with van der Waals surface area (Å²) in [6, 6.07) is 10.8. The van der Waals surface area contributed by atoms with Crippen LogP contribution in [-0.2, 0) is 9.59 Å². The molecular weight excluding hydrogens is 361 g/mol. The Labute approximate surface area is 146 Å². The Morgan fingerprint density at radius 2 is 1.52 bits per heavy atom. The first-order valence-electron chi connectivity index (χ1n) is 6.44. The van der Waals surface area contributed by atoms with Gasteiger partial charge in [-0.05, 0) is 29.8 Å². The van der Waals surface area contributed by atoms with E-state index in [1.807, 2.05) is 0 Å². The van der Waals surface area contributed by atoms with Crippen LogP contribution < -0.4 is 4.90 Å². The molecule has 0 bridgehead atoms. The number of anilines is 1. The van der Waals surface area contributed by atoms with Gasteiger partial charge in [-0.3, -0.25) is 9.59 Å². The fourth-order valence-corrected chi connectivity index (χ4v) is 2.78. The summed E-state index contributed by atoms with van der Waals surface area (Å²) in [5.41, 5.74) is 0.387. The van der Waals surface area contributed by atoms with Crippen molar-refractivity contribution in [1.29, 1.82) is 0 Å². The van der Waals surface area contributed by atoms with Crippen molar-refractivity contribution in [2.24, 2.45) is 0 Å². The maximum atomic E-state index is 12.6. The van der Waals surface area contributed by atoms with Gasteiger partial charge in [-0.25, -0.2) is 4.90 Å². The molecule has 1 aliphatic rings. The molecule has 0 fully saturated rings. The number of benzene rings is 2. The van der Waals surface area contributed by atoms with Crippen LogP contribution in [0.1, 0.15) is 5.56 Å².